The molecule has 0 radical (unpaired) electrons. The number of hydrogen-bond donors (Lipinski definition) is 0. The van der Waals surface area contributed by atoms with E-state index in [0.717, 1.165) is 5.76 Å². The van der Waals surface area contributed by atoms with E-state index in [4.69, 9.17) is 4.42 Å². The highest BCUT2D eigenvalue weighted by atomic mass is 32.2. The maximum absolute atomic E-state index is 12.6. The third kappa shape index (κ3) is 3.85. The number of carbonyl (C=O) groups excluding carboxylic acids is 1. The molecule has 0 N–H and O–H groups in total. The summed E-state index contributed by atoms with van der Waals surface area (Å²) < 4.78 is 6.80. The highest BCUT2D eigenvalue weighted by Crippen LogP contribution is 2.21. The standard InChI is InChI=1S/C17H17N3O3S2/c1-3-7-20-16(22)13-6-9-24-15(13)18-17(20)25-11-14(21)19(2)10-12-5-4-8-23-12/h3-6,8-9H,1,7,10-11H2,2H3. The molecule has 0 aromatic carbocycles. The van der Waals surface area contributed by atoms with Gasteiger partial charge in [0.1, 0.15) is 10.6 Å². The number of hydrogen-bond acceptors (Lipinski definition) is 6. The van der Waals surface area contributed by atoms with Crippen LogP contribution in [-0.2, 0) is 17.9 Å². The van der Waals surface area contributed by atoms with Crippen LogP contribution in [0.3, 0.4) is 0 Å². The van der Waals surface area contributed by atoms with E-state index in [2.05, 4.69) is 11.6 Å². The van der Waals surface area contributed by atoms with Gasteiger partial charge in [0, 0.05) is 13.6 Å². The van der Waals surface area contributed by atoms with Gasteiger partial charge in [-0.05, 0) is 23.6 Å². The van der Waals surface area contributed by atoms with Crippen molar-refractivity contribution in [3.05, 3.63) is 58.6 Å². The first-order valence-electron chi connectivity index (χ1n) is 7.58. The molecule has 3 rings (SSSR count). The molecule has 3 aromatic rings. The molecule has 25 heavy (non-hydrogen) atoms. The van der Waals surface area contributed by atoms with Gasteiger partial charge in [-0.1, -0.05) is 17.8 Å². The van der Waals surface area contributed by atoms with Gasteiger partial charge in [0.05, 0.1) is 23.9 Å². The van der Waals surface area contributed by atoms with Crippen LogP contribution in [0.1, 0.15) is 5.76 Å². The van der Waals surface area contributed by atoms with E-state index in [9.17, 15) is 9.59 Å². The Kier molecular flexibility index (Phi) is 5.40. The number of rotatable bonds is 7. The number of aromatic nitrogens is 2. The predicted molar refractivity (Wildman–Crippen MR) is 100.0 cm³/mol. The van der Waals surface area contributed by atoms with Crippen molar-refractivity contribution in [3.8, 4) is 0 Å². The minimum absolute atomic E-state index is 0.0629. The fourth-order valence-corrected chi connectivity index (χ4v) is 4.05. The van der Waals surface area contributed by atoms with Crippen molar-refractivity contribution in [2.24, 2.45) is 0 Å². The van der Waals surface area contributed by atoms with Crippen molar-refractivity contribution in [2.45, 2.75) is 18.2 Å². The Labute approximate surface area is 152 Å². The molecule has 0 spiro atoms. The molecule has 0 saturated carbocycles. The molecule has 1 amide bonds. The summed E-state index contributed by atoms with van der Waals surface area (Å²) in [6.45, 7) is 4.45. The second-order valence-electron chi connectivity index (χ2n) is 5.36. The minimum atomic E-state index is -0.106. The van der Waals surface area contributed by atoms with E-state index >= 15 is 0 Å². The number of nitrogens with zero attached hydrogens (tertiary/aromatic N) is 3. The lowest BCUT2D eigenvalue weighted by molar-refractivity contribution is -0.127. The topological polar surface area (TPSA) is 68.3 Å². The average molecular weight is 375 g/mol. The largest absolute Gasteiger partial charge is 0.467 e. The first-order chi connectivity index (χ1) is 12.1. The normalized spacial score (nSPS) is 10.9. The molecule has 0 unspecified atom stereocenters. The summed E-state index contributed by atoms with van der Waals surface area (Å²) in [4.78, 5) is 31.7. The lowest BCUT2D eigenvalue weighted by Gasteiger charge is -2.16. The molecule has 130 valence electrons. The second-order valence-corrected chi connectivity index (χ2v) is 7.19. The average Bonchev–Trinajstić information content (AvgIpc) is 3.27. The fourth-order valence-electron chi connectivity index (χ4n) is 2.29. The third-order valence-corrected chi connectivity index (χ3v) is 5.35. The minimum Gasteiger partial charge on any atom is -0.467 e. The van der Waals surface area contributed by atoms with Gasteiger partial charge in [0.15, 0.2) is 5.16 Å². The molecule has 0 atom stereocenters. The Bertz CT molecular complexity index is 944. The molecule has 3 aromatic heterocycles. The van der Waals surface area contributed by atoms with Crippen molar-refractivity contribution in [3.63, 3.8) is 0 Å². The van der Waals surface area contributed by atoms with Gasteiger partial charge in [-0.15, -0.1) is 17.9 Å². The number of fused-ring (bicyclic) bond motifs is 1. The Morgan fingerprint density at radius 1 is 1.52 bits per heavy atom. The second kappa shape index (κ2) is 7.71. The molecule has 8 heteroatoms. The van der Waals surface area contributed by atoms with E-state index in [0.29, 0.717) is 28.5 Å². The number of amides is 1. The maximum atomic E-state index is 12.6. The zero-order valence-electron chi connectivity index (χ0n) is 13.7. The van der Waals surface area contributed by atoms with Crippen molar-refractivity contribution >= 4 is 39.2 Å². The van der Waals surface area contributed by atoms with Gasteiger partial charge in [0.25, 0.3) is 5.56 Å². The monoisotopic (exact) mass is 375 g/mol. The molecular weight excluding hydrogens is 358 g/mol. The summed E-state index contributed by atoms with van der Waals surface area (Å²) in [5, 5.41) is 2.96. The van der Waals surface area contributed by atoms with Crippen molar-refractivity contribution in [2.75, 3.05) is 12.8 Å². The van der Waals surface area contributed by atoms with Gasteiger partial charge in [-0.2, -0.15) is 0 Å². The van der Waals surface area contributed by atoms with Crippen molar-refractivity contribution < 1.29 is 9.21 Å². The van der Waals surface area contributed by atoms with Crippen molar-refractivity contribution in [1.29, 1.82) is 0 Å². The highest BCUT2D eigenvalue weighted by Gasteiger charge is 2.16. The van der Waals surface area contributed by atoms with Gasteiger partial charge in [0.2, 0.25) is 5.91 Å². The van der Waals surface area contributed by atoms with Gasteiger partial charge < -0.3 is 9.32 Å². The maximum Gasteiger partial charge on any atom is 0.263 e. The quantitative estimate of drug-likeness (QED) is 0.361. The summed E-state index contributed by atoms with van der Waals surface area (Å²) in [6, 6.07) is 5.38. The zero-order valence-corrected chi connectivity index (χ0v) is 15.3. The van der Waals surface area contributed by atoms with Crippen LogP contribution < -0.4 is 5.56 Å². The van der Waals surface area contributed by atoms with E-state index < -0.39 is 0 Å². The van der Waals surface area contributed by atoms with Crippen molar-refractivity contribution in [1.82, 2.24) is 14.5 Å². The third-order valence-electron chi connectivity index (χ3n) is 3.58. The highest BCUT2D eigenvalue weighted by molar-refractivity contribution is 7.99. The van der Waals surface area contributed by atoms with Gasteiger partial charge >= 0.3 is 0 Å². The van der Waals surface area contributed by atoms with Crippen LogP contribution in [0, 0.1) is 0 Å². The van der Waals surface area contributed by atoms with E-state index in [1.54, 1.807) is 41.0 Å². The van der Waals surface area contributed by atoms with Crippen LogP contribution in [0.5, 0.6) is 0 Å². The smallest absolute Gasteiger partial charge is 0.263 e. The zero-order chi connectivity index (χ0) is 17.8. The number of allylic oxidation sites excluding steroid dienone is 1. The van der Waals surface area contributed by atoms with Gasteiger partial charge in [-0.25, -0.2) is 4.98 Å². The summed E-state index contributed by atoms with van der Waals surface area (Å²) in [7, 11) is 1.72. The first kappa shape index (κ1) is 17.5. The fraction of sp³-hybridized carbons (Fsp3) is 0.235. The molecule has 0 aliphatic carbocycles. The lowest BCUT2D eigenvalue weighted by atomic mass is 10.4. The van der Waals surface area contributed by atoms with E-state index in [-0.39, 0.29) is 17.2 Å². The Hall–Kier alpha value is -2.32. The molecule has 0 aliphatic heterocycles. The van der Waals surface area contributed by atoms with Gasteiger partial charge in [-0.3, -0.25) is 14.2 Å². The molecular formula is C17H17N3O3S2. The van der Waals surface area contributed by atoms with E-state index in [1.807, 2.05) is 11.4 Å². The Morgan fingerprint density at radius 3 is 3.08 bits per heavy atom. The van der Waals surface area contributed by atoms with Crippen LogP contribution in [0.25, 0.3) is 10.2 Å². The Balaban J connectivity index is 1.75. The molecule has 0 saturated heterocycles. The summed E-state index contributed by atoms with van der Waals surface area (Å²) in [5.74, 6) is 0.854. The lowest BCUT2D eigenvalue weighted by Crippen LogP contribution is -2.28. The number of thioether (sulfide) groups is 1. The summed E-state index contributed by atoms with van der Waals surface area (Å²) in [6.07, 6.45) is 3.23. The molecule has 3 heterocycles. The van der Waals surface area contributed by atoms with Crippen LogP contribution in [0.4, 0.5) is 0 Å². The number of furan rings is 1. The Morgan fingerprint density at radius 2 is 2.36 bits per heavy atom. The van der Waals surface area contributed by atoms with Crippen LogP contribution >= 0.6 is 23.1 Å². The number of carbonyl (C=O) groups is 1. The summed E-state index contributed by atoms with van der Waals surface area (Å²) in [5.41, 5.74) is -0.106. The molecule has 6 nitrogen and oxygen atoms in total. The molecule has 0 fully saturated rings. The van der Waals surface area contributed by atoms with Crippen LogP contribution in [-0.4, -0.2) is 33.2 Å². The first-order valence-corrected chi connectivity index (χ1v) is 9.44. The molecule has 0 bridgehead atoms. The number of thiophene rings is 1. The molecule has 0 aliphatic rings. The van der Waals surface area contributed by atoms with E-state index in [1.165, 1.54) is 23.1 Å². The predicted octanol–water partition coefficient (Wildman–Crippen LogP) is 2.99. The summed E-state index contributed by atoms with van der Waals surface area (Å²) >= 11 is 2.67. The van der Waals surface area contributed by atoms with Crippen LogP contribution in [0.15, 0.2) is 56.9 Å². The van der Waals surface area contributed by atoms with Crippen LogP contribution in [0.2, 0.25) is 0 Å². The SMILES string of the molecule is C=CCn1c(SCC(=O)N(C)Cc2ccco2)nc2sccc2c1=O.